The molecule has 2 aromatic rings. The summed E-state index contributed by atoms with van der Waals surface area (Å²) in [7, 11) is 1.72. The number of hydrogen-bond acceptors (Lipinski definition) is 12. The smallest absolute Gasteiger partial charge is 0.200 e. The Hall–Kier alpha value is -6.01. The summed E-state index contributed by atoms with van der Waals surface area (Å²) in [5, 5.41) is 99.1. The van der Waals surface area contributed by atoms with Gasteiger partial charge in [-0.15, -0.1) is 0 Å². The SMILES string of the molecule is COc1ccc(C(C#N)(C#N)C(C#N)C#N)c(O)c1Pc1c(OC)ccc(C(C#N)(C#N)C(C#N)C#N)c1O. The van der Waals surface area contributed by atoms with E-state index in [4.69, 9.17) is 9.47 Å². The molecule has 0 aromatic heterocycles. The first-order chi connectivity index (χ1) is 18.7. The van der Waals surface area contributed by atoms with Crippen LogP contribution in [0.5, 0.6) is 23.0 Å². The first-order valence-corrected chi connectivity index (χ1v) is 11.5. The summed E-state index contributed by atoms with van der Waals surface area (Å²) in [5.74, 6) is -4.88. The minimum atomic E-state index is -2.39. The highest BCUT2D eigenvalue weighted by molar-refractivity contribution is 7.56. The largest absolute Gasteiger partial charge is 0.507 e. The number of rotatable bonds is 8. The number of phenols is 2. The fourth-order valence-corrected chi connectivity index (χ4v) is 5.17. The average Bonchev–Trinajstić information content (AvgIpc) is 2.97. The molecule has 0 unspecified atom stereocenters. The fourth-order valence-electron chi connectivity index (χ4n) is 3.79. The highest BCUT2D eigenvalue weighted by Crippen LogP contribution is 2.44. The second-order valence-corrected chi connectivity index (χ2v) is 8.90. The molecule has 2 aromatic carbocycles. The Morgan fingerprint density at radius 3 is 1.15 bits per heavy atom. The molecule has 188 valence electrons. The van der Waals surface area contributed by atoms with Gasteiger partial charge in [-0.3, -0.25) is 0 Å². The van der Waals surface area contributed by atoms with Crippen molar-refractivity contribution in [3.63, 3.8) is 0 Å². The van der Waals surface area contributed by atoms with Crippen LogP contribution in [0.25, 0.3) is 0 Å². The molecule has 0 fully saturated rings. The van der Waals surface area contributed by atoms with E-state index >= 15 is 0 Å². The van der Waals surface area contributed by atoms with Crippen molar-refractivity contribution >= 4 is 19.2 Å². The Morgan fingerprint density at radius 1 is 0.615 bits per heavy atom. The lowest BCUT2D eigenvalue weighted by molar-refractivity contribution is 0.409. The predicted molar refractivity (Wildman–Crippen MR) is 132 cm³/mol. The molecular weight excluding hydrogens is 519 g/mol. The number of ether oxygens (including phenoxy) is 2. The van der Waals surface area contributed by atoms with Crippen molar-refractivity contribution < 1.29 is 19.7 Å². The van der Waals surface area contributed by atoms with Gasteiger partial charge in [-0.1, -0.05) is 0 Å². The van der Waals surface area contributed by atoms with E-state index in [-0.39, 0.29) is 33.2 Å². The predicted octanol–water partition coefficient (Wildman–Crippen LogP) is 1.64. The minimum Gasteiger partial charge on any atom is -0.507 e. The third-order valence-electron chi connectivity index (χ3n) is 5.91. The Labute approximate surface area is 224 Å². The van der Waals surface area contributed by atoms with Gasteiger partial charge in [0.1, 0.15) is 23.0 Å². The maximum absolute atomic E-state index is 11.2. The summed E-state index contributed by atoms with van der Waals surface area (Å²) in [6, 6.07) is 17.8. The summed E-state index contributed by atoms with van der Waals surface area (Å²) >= 11 is 0. The van der Waals surface area contributed by atoms with Crippen molar-refractivity contribution in [3.05, 3.63) is 35.4 Å². The molecule has 2 rings (SSSR count). The Kier molecular flexibility index (Phi) is 8.85. The molecule has 39 heavy (non-hydrogen) atoms. The third-order valence-corrected chi connectivity index (χ3v) is 7.37. The van der Waals surface area contributed by atoms with Crippen molar-refractivity contribution in [1.82, 2.24) is 0 Å². The molecule has 2 N–H and O–H groups in total. The van der Waals surface area contributed by atoms with Gasteiger partial charge in [-0.2, -0.15) is 42.1 Å². The van der Waals surface area contributed by atoms with Crippen molar-refractivity contribution in [2.45, 2.75) is 10.8 Å². The second kappa shape index (κ2) is 11.8. The van der Waals surface area contributed by atoms with E-state index in [9.17, 15) is 52.3 Å². The Balaban J connectivity index is 2.96. The Morgan fingerprint density at radius 2 is 0.923 bits per heavy atom. The summed E-state index contributed by atoms with van der Waals surface area (Å²) in [5.41, 5.74) is -5.51. The zero-order chi connectivity index (χ0) is 29.4. The second-order valence-electron chi connectivity index (χ2n) is 7.65. The van der Waals surface area contributed by atoms with E-state index in [1.54, 1.807) is 48.6 Å². The van der Waals surface area contributed by atoms with E-state index in [0.717, 1.165) is 12.1 Å². The normalized spacial score (nSPS) is 10.4. The maximum atomic E-state index is 11.2. The van der Waals surface area contributed by atoms with Crippen LogP contribution in [0.3, 0.4) is 0 Å². The molecule has 0 spiro atoms. The van der Waals surface area contributed by atoms with Crippen LogP contribution in [-0.4, -0.2) is 24.4 Å². The lowest BCUT2D eigenvalue weighted by Crippen LogP contribution is -2.32. The van der Waals surface area contributed by atoms with Crippen LogP contribution in [0.2, 0.25) is 0 Å². The van der Waals surface area contributed by atoms with Gasteiger partial charge >= 0.3 is 0 Å². The molecule has 0 aliphatic heterocycles. The number of nitriles is 8. The van der Waals surface area contributed by atoms with Crippen molar-refractivity contribution in [2.24, 2.45) is 11.8 Å². The molecule has 0 bridgehead atoms. The molecule has 13 heteroatoms. The van der Waals surface area contributed by atoms with Gasteiger partial charge in [0.2, 0.25) is 10.8 Å². The quantitative estimate of drug-likeness (QED) is 0.458. The topological polar surface area (TPSA) is 249 Å². The standard InChI is InChI=1S/C26H15N8O4P/c1-37-19-5-3-17(25(11-31,12-32)15(7-27)8-28)21(35)23(19)39-24-20(38-2)6-4-18(22(24)36)26(13-33,14-34)16(9-29)10-30/h3-6,15-16,35-36,39H,1-2H3. The lowest BCUT2D eigenvalue weighted by Gasteiger charge is -2.25. The monoisotopic (exact) mass is 534 g/mol. The molecule has 0 heterocycles. The molecule has 0 aliphatic rings. The molecule has 0 atom stereocenters. The first-order valence-electron chi connectivity index (χ1n) is 10.5. The number of methoxy groups -OCH3 is 2. The van der Waals surface area contributed by atoms with Gasteiger partial charge in [0.05, 0.1) is 73.4 Å². The summed E-state index contributed by atoms with van der Waals surface area (Å²) < 4.78 is 10.6. The van der Waals surface area contributed by atoms with Crippen LogP contribution in [0.1, 0.15) is 11.1 Å². The van der Waals surface area contributed by atoms with Gasteiger partial charge < -0.3 is 19.7 Å². The van der Waals surface area contributed by atoms with E-state index in [2.05, 4.69) is 0 Å². The van der Waals surface area contributed by atoms with Gasteiger partial charge in [0.15, 0.2) is 11.8 Å². The molecule has 12 nitrogen and oxygen atoms in total. The van der Waals surface area contributed by atoms with Crippen molar-refractivity contribution in [3.8, 4) is 71.6 Å². The molecular formula is C26H15N8O4P. The summed E-state index contributed by atoms with van der Waals surface area (Å²) in [4.78, 5) is 0. The van der Waals surface area contributed by atoms with Crippen LogP contribution in [-0.2, 0) is 10.8 Å². The molecule has 0 amide bonds. The van der Waals surface area contributed by atoms with Crippen LogP contribution >= 0.6 is 8.58 Å². The molecule has 0 aliphatic carbocycles. The number of phenolic OH excluding ortho intramolecular Hbond substituents is 2. The van der Waals surface area contributed by atoms with Crippen molar-refractivity contribution in [2.75, 3.05) is 14.2 Å². The molecule has 0 saturated carbocycles. The lowest BCUT2D eigenvalue weighted by atomic mass is 9.73. The van der Waals surface area contributed by atoms with Gasteiger partial charge in [0.25, 0.3) is 0 Å². The van der Waals surface area contributed by atoms with E-state index in [0.29, 0.717) is 0 Å². The summed E-state index contributed by atoms with van der Waals surface area (Å²) in [6.45, 7) is 0. The number of aromatic hydroxyl groups is 2. The number of hydrogen-bond donors (Lipinski definition) is 2. The number of nitrogens with zero attached hydrogens (tertiary/aromatic N) is 8. The summed E-state index contributed by atoms with van der Waals surface area (Å²) in [6.07, 6.45) is 0. The highest BCUT2D eigenvalue weighted by atomic mass is 31.1. The van der Waals surface area contributed by atoms with Gasteiger partial charge in [-0.05, 0) is 32.8 Å². The maximum Gasteiger partial charge on any atom is 0.200 e. The average molecular weight is 534 g/mol. The number of benzene rings is 2. The van der Waals surface area contributed by atoms with E-state index < -0.39 is 42.7 Å². The minimum absolute atomic E-state index is 0.0236. The van der Waals surface area contributed by atoms with Crippen LogP contribution < -0.4 is 20.1 Å². The van der Waals surface area contributed by atoms with E-state index in [1.807, 2.05) is 0 Å². The molecule has 0 saturated heterocycles. The van der Waals surface area contributed by atoms with Gasteiger partial charge in [0, 0.05) is 11.1 Å². The van der Waals surface area contributed by atoms with E-state index in [1.165, 1.54) is 26.4 Å². The highest BCUT2D eigenvalue weighted by Gasteiger charge is 2.47. The fraction of sp³-hybridized carbons (Fsp3) is 0.231. The van der Waals surface area contributed by atoms with Crippen LogP contribution in [0.4, 0.5) is 0 Å². The van der Waals surface area contributed by atoms with Crippen LogP contribution in [0.15, 0.2) is 24.3 Å². The third kappa shape index (κ3) is 4.50. The van der Waals surface area contributed by atoms with Gasteiger partial charge in [-0.25, -0.2) is 0 Å². The zero-order valence-corrected chi connectivity index (χ0v) is 21.3. The Bertz CT molecular complexity index is 1490. The van der Waals surface area contributed by atoms with Crippen LogP contribution in [0, 0.1) is 102 Å². The van der Waals surface area contributed by atoms with Crippen molar-refractivity contribution in [1.29, 1.82) is 42.1 Å². The first kappa shape index (κ1) is 29.2. The molecule has 0 radical (unpaired) electrons. The zero-order valence-electron chi connectivity index (χ0n) is 20.3.